The summed E-state index contributed by atoms with van der Waals surface area (Å²) < 4.78 is 33.5. The minimum Gasteiger partial charge on any atom is -0.374 e. The van der Waals surface area contributed by atoms with E-state index in [0.29, 0.717) is 18.0 Å². The van der Waals surface area contributed by atoms with Crippen LogP contribution in [0.5, 0.6) is 0 Å². The lowest BCUT2D eigenvalue weighted by Crippen LogP contribution is -2.47. The van der Waals surface area contributed by atoms with Crippen LogP contribution in [0.4, 0.5) is 0 Å². The molecule has 1 atom stereocenters. The van der Waals surface area contributed by atoms with Crippen LogP contribution in [0.25, 0.3) is 0 Å². The Labute approximate surface area is 162 Å². The van der Waals surface area contributed by atoms with Gasteiger partial charge in [0.1, 0.15) is 0 Å². The van der Waals surface area contributed by atoms with E-state index in [9.17, 15) is 8.42 Å². The Bertz CT molecular complexity index is 807. The lowest BCUT2D eigenvalue weighted by Gasteiger charge is -2.33. The molecule has 0 aliphatic carbocycles. The number of rotatable bonds is 8. The van der Waals surface area contributed by atoms with E-state index in [-0.39, 0.29) is 12.6 Å². The maximum absolute atomic E-state index is 12.5. The van der Waals surface area contributed by atoms with Crippen molar-refractivity contribution in [3.8, 4) is 0 Å². The van der Waals surface area contributed by atoms with Crippen LogP contribution < -0.4 is 4.72 Å². The molecular weight excluding hydrogens is 360 g/mol. The number of nitrogens with zero attached hydrogens (tertiary/aromatic N) is 1. The van der Waals surface area contributed by atoms with Crippen molar-refractivity contribution in [3.05, 3.63) is 65.7 Å². The first-order valence-corrected chi connectivity index (χ1v) is 11.0. The lowest BCUT2D eigenvalue weighted by molar-refractivity contribution is -0.0276. The van der Waals surface area contributed by atoms with Crippen molar-refractivity contribution in [2.75, 3.05) is 26.2 Å². The molecule has 1 unspecified atom stereocenters. The number of sulfonamides is 1. The fourth-order valence-corrected chi connectivity index (χ4v) is 4.37. The molecule has 5 nitrogen and oxygen atoms in total. The van der Waals surface area contributed by atoms with Gasteiger partial charge in [-0.05, 0) is 29.7 Å². The van der Waals surface area contributed by atoms with Crippen molar-refractivity contribution in [3.63, 3.8) is 0 Å². The van der Waals surface area contributed by atoms with Crippen molar-refractivity contribution in [1.82, 2.24) is 9.62 Å². The summed E-state index contributed by atoms with van der Waals surface area (Å²) in [5.41, 5.74) is 2.41. The summed E-state index contributed by atoms with van der Waals surface area (Å²) in [4.78, 5) is 2.61. The summed E-state index contributed by atoms with van der Waals surface area (Å²) in [5.74, 6) is 0. The van der Waals surface area contributed by atoms with Gasteiger partial charge in [-0.25, -0.2) is 13.1 Å². The monoisotopic (exact) mass is 388 g/mol. The summed E-state index contributed by atoms with van der Waals surface area (Å²) in [6.45, 7) is 5.43. The molecule has 0 spiro atoms. The van der Waals surface area contributed by atoms with E-state index in [0.717, 1.165) is 31.5 Å². The van der Waals surface area contributed by atoms with Gasteiger partial charge in [-0.15, -0.1) is 0 Å². The molecule has 1 heterocycles. The van der Waals surface area contributed by atoms with Gasteiger partial charge in [0.05, 0.1) is 17.6 Å². The van der Waals surface area contributed by atoms with Crippen molar-refractivity contribution in [2.24, 2.45) is 0 Å². The zero-order chi connectivity index (χ0) is 19.1. The van der Waals surface area contributed by atoms with Crippen LogP contribution in [0.15, 0.2) is 59.5 Å². The molecule has 0 aromatic heterocycles. The number of morpholine rings is 1. The molecule has 1 fully saturated rings. The largest absolute Gasteiger partial charge is 0.374 e. The number of ether oxygens (including phenoxy) is 1. The maximum Gasteiger partial charge on any atom is 0.240 e. The maximum atomic E-state index is 12.5. The van der Waals surface area contributed by atoms with Crippen molar-refractivity contribution in [1.29, 1.82) is 0 Å². The van der Waals surface area contributed by atoms with E-state index in [1.807, 2.05) is 30.3 Å². The SMILES string of the molecule is CCCc1ccc(S(=O)(=O)NCC2CN(Cc3ccccc3)CCO2)cc1. The van der Waals surface area contributed by atoms with Gasteiger partial charge in [0.2, 0.25) is 10.0 Å². The molecule has 146 valence electrons. The van der Waals surface area contributed by atoms with Crippen LogP contribution in [0.3, 0.4) is 0 Å². The first kappa shape index (κ1) is 20.0. The predicted octanol–water partition coefficient (Wildman–Crippen LogP) is 2.82. The minimum absolute atomic E-state index is 0.142. The third kappa shape index (κ3) is 5.87. The number of aryl methyl sites for hydroxylation is 1. The second-order valence-corrected chi connectivity index (χ2v) is 8.73. The van der Waals surface area contributed by atoms with Gasteiger partial charge >= 0.3 is 0 Å². The second kappa shape index (κ2) is 9.46. The second-order valence-electron chi connectivity index (χ2n) is 6.96. The summed E-state index contributed by atoms with van der Waals surface area (Å²) in [6.07, 6.45) is 1.86. The molecule has 6 heteroatoms. The van der Waals surface area contributed by atoms with Crippen LogP contribution in [-0.4, -0.2) is 45.7 Å². The molecule has 0 radical (unpaired) electrons. The fourth-order valence-electron chi connectivity index (χ4n) is 3.30. The quantitative estimate of drug-likeness (QED) is 0.755. The van der Waals surface area contributed by atoms with E-state index in [1.165, 1.54) is 5.56 Å². The topological polar surface area (TPSA) is 58.6 Å². The third-order valence-corrected chi connectivity index (χ3v) is 6.18. The van der Waals surface area contributed by atoms with Crippen molar-refractivity contribution in [2.45, 2.75) is 37.3 Å². The Hall–Kier alpha value is -1.73. The molecule has 1 N–H and O–H groups in total. The third-order valence-electron chi connectivity index (χ3n) is 4.75. The molecule has 2 aromatic rings. The Morgan fingerprint density at radius 1 is 1.07 bits per heavy atom. The highest BCUT2D eigenvalue weighted by Gasteiger charge is 2.23. The van der Waals surface area contributed by atoms with Gasteiger partial charge < -0.3 is 4.74 Å². The highest BCUT2D eigenvalue weighted by molar-refractivity contribution is 7.89. The Morgan fingerprint density at radius 2 is 1.81 bits per heavy atom. The molecule has 0 amide bonds. The number of hydrogen-bond acceptors (Lipinski definition) is 4. The summed E-state index contributed by atoms with van der Waals surface area (Å²) in [6, 6.07) is 17.4. The number of benzene rings is 2. The van der Waals surface area contributed by atoms with Gasteiger partial charge in [-0.1, -0.05) is 55.8 Å². The first-order chi connectivity index (χ1) is 13.1. The molecule has 0 bridgehead atoms. The minimum atomic E-state index is -3.52. The molecule has 3 rings (SSSR count). The zero-order valence-corrected chi connectivity index (χ0v) is 16.6. The van der Waals surface area contributed by atoms with E-state index in [4.69, 9.17) is 4.74 Å². The average molecular weight is 389 g/mol. The summed E-state index contributed by atoms with van der Waals surface area (Å²) >= 11 is 0. The van der Waals surface area contributed by atoms with Crippen LogP contribution in [0.1, 0.15) is 24.5 Å². The molecule has 1 saturated heterocycles. The first-order valence-electron chi connectivity index (χ1n) is 9.53. The van der Waals surface area contributed by atoms with Crippen molar-refractivity contribution >= 4 is 10.0 Å². The lowest BCUT2D eigenvalue weighted by atomic mass is 10.1. The standard InChI is InChI=1S/C21H28N2O3S/c1-2-6-18-9-11-21(12-10-18)27(24,25)22-15-20-17-23(13-14-26-20)16-19-7-4-3-5-8-19/h3-5,7-12,20,22H,2,6,13-17H2,1H3. The van der Waals surface area contributed by atoms with Crippen LogP contribution in [-0.2, 0) is 27.7 Å². The van der Waals surface area contributed by atoms with E-state index >= 15 is 0 Å². The Balaban J connectivity index is 1.53. The van der Waals surface area contributed by atoms with E-state index < -0.39 is 10.0 Å². The van der Waals surface area contributed by atoms with Gasteiger partial charge in [-0.2, -0.15) is 0 Å². The van der Waals surface area contributed by atoms with Crippen LogP contribution >= 0.6 is 0 Å². The molecule has 27 heavy (non-hydrogen) atoms. The van der Waals surface area contributed by atoms with Crippen LogP contribution in [0.2, 0.25) is 0 Å². The highest BCUT2D eigenvalue weighted by Crippen LogP contribution is 2.14. The average Bonchev–Trinajstić information content (AvgIpc) is 2.68. The van der Waals surface area contributed by atoms with Gasteiger partial charge in [0.25, 0.3) is 0 Å². The molecular formula is C21H28N2O3S. The number of hydrogen-bond donors (Lipinski definition) is 1. The normalized spacial score (nSPS) is 18.5. The van der Waals surface area contributed by atoms with Gasteiger partial charge in [0.15, 0.2) is 0 Å². The number of nitrogens with one attached hydrogen (secondary N) is 1. The van der Waals surface area contributed by atoms with Crippen LogP contribution in [0, 0.1) is 0 Å². The van der Waals surface area contributed by atoms with E-state index in [2.05, 4.69) is 28.7 Å². The molecule has 2 aromatic carbocycles. The van der Waals surface area contributed by atoms with Gasteiger partial charge in [-0.3, -0.25) is 4.90 Å². The van der Waals surface area contributed by atoms with Gasteiger partial charge in [0, 0.05) is 26.2 Å². The zero-order valence-electron chi connectivity index (χ0n) is 15.8. The fraction of sp³-hybridized carbons (Fsp3) is 0.429. The Morgan fingerprint density at radius 3 is 2.52 bits per heavy atom. The summed E-state index contributed by atoms with van der Waals surface area (Å²) in [7, 11) is -3.52. The molecule has 0 saturated carbocycles. The van der Waals surface area contributed by atoms with E-state index in [1.54, 1.807) is 12.1 Å². The molecule has 1 aliphatic rings. The summed E-state index contributed by atoms with van der Waals surface area (Å²) in [5, 5.41) is 0. The highest BCUT2D eigenvalue weighted by atomic mass is 32.2. The predicted molar refractivity (Wildman–Crippen MR) is 107 cm³/mol. The molecule has 1 aliphatic heterocycles. The Kier molecular flexibility index (Phi) is 7.01. The smallest absolute Gasteiger partial charge is 0.240 e. The van der Waals surface area contributed by atoms with Crippen molar-refractivity contribution < 1.29 is 13.2 Å².